The summed E-state index contributed by atoms with van der Waals surface area (Å²) in [5, 5.41) is 13.9. The number of ether oxygens (including phenoxy) is 1. The number of amides is 1. The summed E-state index contributed by atoms with van der Waals surface area (Å²) in [4.78, 5) is 16.5. The topological polar surface area (TPSA) is 150 Å². The Labute approximate surface area is 195 Å². The maximum Gasteiger partial charge on any atom is 0.240 e. The largest absolute Gasteiger partial charge is 0.497 e. The number of nitrogens with zero attached hydrogens (tertiary/aromatic N) is 3. The highest BCUT2D eigenvalue weighted by Crippen LogP contribution is 2.17. The molecule has 2 aromatic carbocycles. The number of hydrogen-bond acceptors (Lipinski definition) is 9. The summed E-state index contributed by atoms with van der Waals surface area (Å²) in [6, 6.07) is 13.3. The number of anilines is 2. The number of sulfonamides is 1. The molecule has 0 saturated heterocycles. The summed E-state index contributed by atoms with van der Waals surface area (Å²) in [7, 11) is -1.93. The Hall–Kier alpha value is -3.42. The minimum absolute atomic E-state index is 0.0733. The first-order valence-corrected chi connectivity index (χ1v) is 12.2. The van der Waals surface area contributed by atoms with Gasteiger partial charge in [0.05, 0.1) is 24.0 Å². The lowest BCUT2D eigenvalue weighted by Crippen LogP contribution is -2.23. The van der Waals surface area contributed by atoms with Crippen molar-refractivity contribution in [3.8, 4) is 5.75 Å². The predicted octanol–water partition coefficient (Wildman–Crippen LogP) is 2.29. The van der Waals surface area contributed by atoms with Crippen LogP contribution in [-0.2, 0) is 14.8 Å². The maximum absolute atomic E-state index is 12.2. The van der Waals surface area contributed by atoms with Gasteiger partial charge in [0.1, 0.15) is 5.75 Å². The normalized spacial score (nSPS) is 11.5. The van der Waals surface area contributed by atoms with Crippen LogP contribution in [0.5, 0.6) is 5.75 Å². The number of hydrazone groups is 1. The maximum atomic E-state index is 12.2. The second-order valence-electron chi connectivity index (χ2n) is 6.47. The predicted molar refractivity (Wildman–Crippen MR) is 127 cm³/mol. The summed E-state index contributed by atoms with van der Waals surface area (Å²) >= 11 is 1.14. The van der Waals surface area contributed by atoms with Crippen LogP contribution in [0.1, 0.15) is 12.5 Å². The highest BCUT2D eigenvalue weighted by atomic mass is 32.2. The Bertz CT molecular complexity index is 1190. The van der Waals surface area contributed by atoms with Crippen LogP contribution in [0.2, 0.25) is 0 Å². The third kappa shape index (κ3) is 7.30. The molecule has 0 radical (unpaired) electrons. The van der Waals surface area contributed by atoms with Gasteiger partial charge in [-0.05, 0) is 54.1 Å². The smallest absolute Gasteiger partial charge is 0.240 e. The Kier molecular flexibility index (Phi) is 8.40. The van der Waals surface area contributed by atoms with Gasteiger partial charge in [0.25, 0.3) is 0 Å². The minimum atomic E-state index is -3.53. The van der Waals surface area contributed by atoms with Crippen LogP contribution < -0.4 is 20.2 Å². The van der Waals surface area contributed by atoms with Gasteiger partial charge >= 0.3 is 0 Å². The van der Waals surface area contributed by atoms with E-state index in [0.717, 1.165) is 23.1 Å². The molecule has 4 N–H and O–H groups in total. The van der Waals surface area contributed by atoms with E-state index >= 15 is 0 Å². The fourth-order valence-corrected chi connectivity index (χ4v) is 4.18. The SMILES string of the molecule is CCNS(=O)(=O)c1ccc(NC(=O)CSc2n[nH]c(N/N=C/c3ccc(OC)cc3)n2)cc1. The summed E-state index contributed by atoms with van der Waals surface area (Å²) < 4.78 is 31.4. The second-order valence-corrected chi connectivity index (χ2v) is 9.18. The number of carbonyl (C=O) groups excluding carboxylic acids is 1. The Morgan fingerprint density at radius 1 is 1.18 bits per heavy atom. The zero-order valence-electron chi connectivity index (χ0n) is 17.9. The van der Waals surface area contributed by atoms with Gasteiger partial charge < -0.3 is 10.1 Å². The number of hydrogen-bond donors (Lipinski definition) is 4. The number of nitrogens with one attached hydrogen (secondary N) is 4. The Morgan fingerprint density at radius 3 is 2.58 bits per heavy atom. The molecule has 0 atom stereocenters. The van der Waals surface area contributed by atoms with Gasteiger partial charge in [-0.2, -0.15) is 10.1 Å². The molecule has 174 valence electrons. The van der Waals surface area contributed by atoms with Crippen molar-refractivity contribution < 1.29 is 17.9 Å². The van der Waals surface area contributed by atoms with Gasteiger partial charge in [0.15, 0.2) is 0 Å². The zero-order valence-corrected chi connectivity index (χ0v) is 19.5. The number of aromatic amines is 1. The number of carbonyl (C=O) groups is 1. The van der Waals surface area contributed by atoms with Crippen LogP contribution in [0.4, 0.5) is 11.6 Å². The van der Waals surface area contributed by atoms with Gasteiger partial charge in [-0.15, -0.1) is 5.10 Å². The van der Waals surface area contributed by atoms with Gasteiger partial charge in [-0.3, -0.25) is 4.79 Å². The first-order valence-electron chi connectivity index (χ1n) is 9.77. The van der Waals surface area contributed by atoms with E-state index < -0.39 is 10.0 Å². The molecule has 3 rings (SSSR count). The van der Waals surface area contributed by atoms with E-state index in [2.05, 4.69) is 35.7 Å². The molecule has 1 amide bonds. The zero-order chi connectivity index (χ0) is 23.7. The molecule has 33 heavy (non-hydrogen) atoms. The Balaban J connectivity index is 1.45. The molecule has 0 bridgehead atoms. The molecule has 3 aromatic rings. The van der Waals surface area contributed by atoms with E-state index in [4.69, 9.17) is 4.74 Å². The van der Waals surface area contributed by atoms with Crippen molar-refractivity contribution in [3.05, 3.63) is 54.1 Å². The average molecular weight is 490 g/mol. The number of methoxy groups -OCH3 is 1. The fraction of sp³-hybridized carbons (Fsp3) is 0.200. The van der Waals surface area contributed by atoms with E-state index in [0.29, 0.717) is 23.3 Å². The van der Waals surface area contributed by atoms with Gasteiger partial charge in [-0.1, -0.05) is 18.7 Å². The van der Waals surface area contributed by atoms with E-state index in [1.165, 1.54) is 24.3 Å². The first kappa shape index (κ1) is 24.2. The van der Waals surface area contributed by atoms with E-state index in [-0.39, 0.29) is 16.6 Å². The summed E-state index contributed by atoms with van der Waals surface area (Å²) in [5.74, 6) is 0.888. The Morgan fingerprint density at radius 2 is 1.91 bits per heavy atom. The van der Waals surface area contributed by atoms with Crippen molar-refractivity contribution in [2.24, 2.45) is 5.10 Å². The molecule has 13 heteroatoms. The standard InChI is InChI=1S/C20H23N7O4S2/c1-3-22-33(29,30)17-10-6-15(7-11-17)23-18(28)13-32-20-24-19(26-27-20)25-21-12-14-4-8-16(31-2)9-5-14/h4-12,22H,3,13H2,1-2H3,(H,23,28)(H2,24,25,26,27)/b21-12+. The molecule has 0 unspecified atom stereocenters. The van der Waals surface area contributed by atoms with Crippen molar-refractivity contribution in [2.75, 3.05) is 30.1 Å². The third-order valence-electron chi connectivity index (χ3n) is 4.08. The van der Waals surface area contributed by atoms with Crippen molar-refractivity contribution in [2.45, 2.75) is 17.0 Å². The van der Waals surface area contributed by atoms with Crippen molar-refractivity contribution in [1.29, 1.82) is 0 Å². The van der Waals surface area contributed by atoms with Crippen molar-refractivity contribution in [1.82, 2.24) is 19.9 Å². The van der Waals surface area contributed by atoms with Crippen molar-refractivity contribution >= 4 is 45.5 Å². The molecule has 0 aliphatic rings. The number of rotatable bonds is 11. The average Bonchev–Trinajstić information content (AvgIpc) is 3.26. The van der Waals surface area contributed by atoms with Gasteiger partial charge in [-0.25, -0.2) is 23.7 Å². The van der Waals surface area contributed by atoms with E-state index in [9.17, 15) is 13.2 Å². The van der Waals surface area contributed by atoms with Gasteiger partial charge in [0.2, 0.25) is 27.0 Å². The summed E-state index contributed by atoms with van der Waals surface area (Å²) in [6.07, 6.45) is 1.62. The lowest BCUT2D eigenvalue weighted by Gasteiger charge is -2.07. The number of H-pyrrole nitrogens is 1. The monoisotopic (exact) mass is 489 g/mol. The minimum Gasteiger partial charge on any atom is -0.497 e. The second kappa shape index (κ2) is 11.4. The molecule has 0 saturated carbocycles. The third-order valence-corrected chi connectivity index (χ3v) is 6.49. The molecule has 0 spiro atoms. The summed E-state index contributed by atoms with van der Waals surface area (Å²) in [5.41, 5.74) is 4.10. The van der Waals surface area contributed by atoms with E-state index in [1.54, 1.807) is 20.2 Å². The number of thioether (sulfide) groups is 1. The van der Waals surface area contributed by atoms with Crippen LogP contribution in [0.15, 0.2) is 63.7 Å². The number of aromatic nitrogens is 3. The molecule has 0 aliphatic carbocycles. The highest BCUT2D eigenvalue weighted by Gasteiger charge is 2.13. The molecule has 0 aliphatic heterocycles. The lowest BCUT2D eigenvalue weighted by atomic mass is 10.2. The van der Waals surface area contributed by atoms with Crippen LogP contribution in [0, 0.1) is 0 Å². The molecule has 11 nitrogen and oxygen atoms in total. The van der Waals surface area contributed by atoms with Crippen LogP contribution in [0.3, 0.4) is 0 Å². The molecular weight excluding hydrogens is 466 g/mol. The lowest BCUT2D eigenvalue weighted by molar-refractivity contribution is -0.113. The van der Waals surface area contributed by atoms with Crippen LogP contribution in [0.25, 0.3) is 0 Å². The first-order chi connectivity index (χ1) is 15.9. The van der Waals surface area contributed by atoms with Gasteiger partial charge in [0, 0.05) is 12.2 Å². The highest BCUT2D eigenvalue weighted by molar-refractivity contribution is 7.99. The van der Waals surface area contributed by atoms with Crippen LogP contribution in [-0.4, -0.2) is 55.1 Å². The summed E-state index contributed by atoms with van der Waals surface area (Å²) in [6.45, 7) is 2.00. The fourth-order valence-electron chi connectivity index (χ4n) is 2.54. The van der Waals surface area contributed by atoms with Crippen LogP contribution >= 0.6 is 11.8 Å². The molecule has 1 aromatic heterocycles. The van der Waals surface area contributed by atoms with E-state index in [1.807, 2.05) is 24.3 Å². The quantitative estimate of drug-likeness (QED) is 0.182. The molecule has 0 fully saturated rings. The number of benzene rings is 2. The van der Waals surface area contributed by atoms with Crippen molar-refractivity contribution in [3.63, 3.8) is 0 Å². The molecule has 1 heterocycles. The molecular formula is C20H23N7O4S2.